The van der Waals surface area contributed by atoms with Crippen LogP contribution in [0.3, 0.4) is 0 Å². The maximum atomic E-state index is 5.64. The summed E-state index contributed by atoms with van der Waals surface area (Å²) in [5, 5.41) is 3.55. The molecule has 0 spiro atoms. The fourth-order valence-electron chi connectivity index (χ4n) is 2.10. The van der Waals surface area contributed by atoms with Gasteiger partial charge in [-0.2, -0.15) is 0 Å². The first-order chi connectivity index (χ1) is 6.36. The molecule has 2 nitrogen and oxygen atoms in total. The Balaban J connectivity index is 1.98. The monoisotopic (exact) mass is 184 g/mol. The van der Waals surface area contributed by atoms with Crippen molar-refractivity contribution in [2.24, 2.45) is 17.6 Å². The van der Waals surface area contributed by atoms with Crippen LogP contribution in [0.2, 0.25) is 0 Å². The maximum absolute atomic E-state index is 5.64. The van der Waals surface area contributed by atoms with Crippen molar-refractivity contribution in [2.75, 3.05) is 19.6 Å². The van der Waals surface area contributed by atoms with Gasteiger partial charge in [0.2, 0.25) is 0 Å². The number of rotatable bonds is 6. The molecule has 0 aliphatic heterocycles. The van der Waals surface area contributed by atoms with Gasteiger partial charge in [0, 0.05) is 0 Å². The molecule has 1 unspecified atom stereocenters. The quantitative estimate of drug-likeness (QED) is 0.660. The second-order valence-corrected chi connectivity index (χ2v) is 4.32. The predicted molar refractivity (Wildman–Crippen MR) is 57.7 cm³/mol. The molecule has 1 aliphatic carbocycles. The highest BCUT2D eigenvalue weighted by molar-refractivity contribution is 4.70. The van der Waals surface area contributed by atoms with E-state index in [1.165, 1.54) is 38.6 Å². The third-order valence-corrected chi connectivity index (χ3v) is 3.25. The molecule has 78 valence electrons. The van der Waals surface area contributed by atoms with E-state index in [-0.39, 0.29) is 0 Å². The number of nitrogens with two attached hydrogens (primary N) is 1. The van der Waals surface area contributed by atoms with E-state index in [0.717, 1.165) is 19.0 Å². The lowest BCUT2D eigenvalue weighted by atomic mass is 10.1. The SMILES string of the molecule is CCC(CN)CNCC1CCCC1. The van der Waals surface area contributed by atoms with E-state index < -0.39 is 0 Å². The Morgan fingerprint density at radius 1 is 1.38 bits per heavy atom. The number of nitrogens with one attached hydrogen (secondary N) is 1. The summed E-state index contributed by atoms with van der Waals surface area (Å²) in [4.78, 5) is 0. The lowest BCUT2D eigenvalue weighted by Crippen LogP contribution is -2.30. The van der Waals surface area contributed by atoms with E-state index in [4.69, 9.17) is 5.73 Å². The van der Waals surface area contributed by atoms with Gasteiger partial charge in [-0.05, 0) is 44.3 Å². The van der Waals surface area contributed by atoms with Gasteiger partial charge in [-0.1, -0.05) is 26.2 Å². The zero-order valence-corrected chi connectivity index (χ0v) is 8.89. The zero-order chi connectivity index (χ0) is 9.52. The molecule has 0 aromatic carbocycles. The fourth-order valence-corrected chi connectivity index (χ4v) is 2.10. The molecular weight excluding hydrogens is 160 g/mol. The predicted octanol–water partition coefficient (Wildman–Crippen LogP) is 1.75. The Morgan fingerprint density at radius 2 is 2.08 bits per heavy atom. The smallest absolute Gasteiger partial charge is 0.000845 e. The third-order valence-electron chi connectivity index (χ3n) is 3.25. The normalized spacial score (nSPS) is 20.8. The van der Waals surface area contributed by atoms with Crippen LogP contribution in [0.5, 0.6) is 0 Å². The fraction of sp³-hybridized carbons (Fsp3) is 1.00. The molecule has 1 rings (SSSR count). The summed E-state index contributed by atoms with van der Waals surface area (Å²) < 4.78 is 0. The molecule has 3 N–H and O–H groups in total. The Morgan fingerprint density at radius 3 is 2.62 bits per heavy atom. The maximum Gasteiger partial charge on any atom is -0.000845 e. The van der Waals surface area contributed by atoms with Crippen molar-refractivity contribution in [3.63, 3.8) is 0 Å². The third kappa shape index (κ3) is 4.10. The average molecular weight is 184 g/mol. The summed E-state index contributed by atoms with van der Waals surface area (Å²) in [5.41, 5.74) is 5.64. The van der Waals surface area contributed by atoms with Crippen LogP contribution in [0.25, 0.3) is 0 Å². The van der Waals surface area contributed by atoms with Gasteiger partial charge in [-0.15, -0.1) is 0 Å². The van der Waals surface area contributed by atoms with Crippen LogP contribution in [-0.4, -0.2) is 19.6 Å². The van der Waals surface area contributed by atoms with Crippen LogP contribution >= 0.6 is 0 Å². The van der Waals surface area contributed by atoms with Crippen LogP contribution in [0.1, 0.15) is 39.0 Å². The van der Waals surface area contributed by atoms with Crippen molar-refractivity contribution in [2.45, 2.75) is 39.0 Å². The number of hydrogen-bond donors (Lipinski definition) is 2. The van der Waals surface area contributed by atoms with Crippen molar-refractivity contribution in [3.8, 4) is 0 Å². The van der Waals surface area contributed by atoms with Gasteiger partial charge in [-0.25, -0.2) is 0 Å². The molecule has 0 bridgehead atoms. The molecule has 13 heavy (non-hydrogen) atoms. The minimum Gasteiger partial charge on any atom is -0.330 e. The van der Waals surface area contributed by atoms with Crippen molar-refractivity contribution < 1.29 is 0 Å². The van der Waals surface area contributed by atoms with Crippen molar-refractivity contribution in [3.05, 3.63) is 0 Å². The van der Waals surface area contributed by atoms with E-state index >= 15 is 0 Å². The lowest BCUT2D eigenvalue weighted by molar-refractivity contribution is 0.425. The molecule has 1 fully saturated rings. The largest absolute Gasteiger partial charge is 0.330 e. The van der Waals surface area contributed by atoms with Gasteiger partial charge in [0.05, 0.1) is 0 Å². The van der Waals surface area contributed by atoms with E-state index in [2.05, 4.69) is 12.2 Å². The first-order valence-electron chi connectivity index (χ1n) is 5.77. The van der Waals surface area contributed by atoms with Gasteiger partial charge < -0.3 is 11.1 Å². The molecule has 1 aliphatic rings. The van der Waals surface area contributed by atoms with E-state index in [9.17, 15) is 0 Å². The molecule has 0 aromatic rings. The topological polar surface area (TPSA) is 38.0 Å². The molecule has 1 saturated carbocycles. The van der Waals surface area contributed by atoms with Gasteiger partial charge in [-0.3, -0.25) is 0 Å². The molecule has 0 aromatic heterocycles. The highest BCUT2D eigenvalue weighted by Gasteiger charge is 2.14. The van der Waals surface area contributed by atoms with E-state index in [0.29, 0.717) is 5.92 Å². The Kier molecular flexibility index (Phi) is 5.40. The molecule has 2 heteroatoms. The first-order valence-corrected chi connectivity index (χ1v) is 5.77. The van der Waals surface area contributed by atoms with E-state index in [1.54, 1.807) is 0 Å². The van der Waals surface area contributed by atoms with Crippen LogP contribution in [-0.2, 0) is 0 Å². The molecule has 0 radical (unpaired) electrons. The summed E-state index contributed by atoms with van der Waals surface area (Å²) in [6.45, 7) is 5.38. The molecular formula is C11H24N2. The summed E-state index contributed by atoms with van der Waals surface area (Å²) >= 11 is 0. The summed E-state index contributed by atoms with van der Waals surface area (Å²) in [6, 6.07) is 0. The average Bonchev–Trinajstić information content (AvgIpc) is 2.65. The minimum absolute atomic E-state index is 0.682. The Labute approximate surface area is 82.3 Å². The van der Waals surface area contributed by atoms with Gasteiger partial charge in [0.1, 0.15) is 0 Å². The van der Waals surface area contributed by atoms with Gasteiger partial charge >= 0.3 is 0 Å². The summed E-state index contributed by atoms with van der Waals surface area (Å²) in [5.74, 6) is 1.64. The molecule has 1 atom stereocenters. The summed E-state index contributed by atoms with van der Waals surface area (Å²) in [6.07, 6.45) is 6.97. The van der Waals surface area contributed by atoms with Crippen LogP contribution in [0.15, 0.2) is 0 Å². The lowest BCUT2D eigenvalue weighted by Gasteiger charge is -2.15. The highest BCUT2D eigenvalue weighted by Crippen LogP contribution is 2.23. The molecule has 0 heterocycles. The minimum atomic E-state index is 0.682. The van der Waals surface area contributed by atoms with Crippen LogP contribution < -0.4 is 11.1 Å². The van der Waals surface area contributed by atoms with Crippen molar-refractivity contribution in [1.29, 1.82) is 0 Å². The van der Waals surface area contributed by atoms with Crippen molar-refractivity contribution >= 4 is 0 Å². The Bertz CT molecular complexity index is 113. The first kappa shape index (κ1) is 11.0. The van der Waals surface area contributed by atoms with Crippen LogP contribution in [0, 0.1) is 11.8 Å². The van der Waals surface area contributed by atoms with E-state index in [1.807, 2.05) is 0 Å². The van der Waals surface area contributed by atoms with Gasteiger partial charge in [0.15, 0.2) is 0 Å². The number of hydrogen-bond acceptors (Lipinski definition) is 2. The molecule has 0 amide bonds. The Hall–Kier alpha value is -0.0800. The van der Waals surface area contributed by atoms with Gasteiger partial charge in [0.25, 0.3) is 0 Å². The second kappa shape index (κ2) is 6.39. The highest BCUT2D eigenvalue weighted by atomic mass is 14.9. The van der Waals surface area contributed by atoms with Crippen LogP contribution in [0.4, 0.5) is 0 Å². The molecule has 0 saturated heterocycles. The zero-order valence-electron chi connectivity index (χ0n) is 8.89. The van der Waals surface area contributed by atoms with Crippen molar-refractivity contribution in [1.82, 2.24) is 5.32 Å². The summed E-state index contributed by atoms with van der Waals surface area (Å²) in [7, 11) is 0. The second-order valence-electron chi connectivity index (χ2n) is 4.32. The standard InChI is InChI=1S/C11H24N2/c1-2-10(7-12)8-13-9-11-5-3-4-6-11/h10-11,13H,2-9,12H2,1H3.